The van der Waals surface area contributed by atoms with Gasteiger partial charge < -0.3 is 24.3 Å². The summed E-state index contributed by atoms with van der Waals surface area (Å²) >= 11 is 0. The van der Waals surface area contributed by atoms with Gasteiger partial charge in [-0.15, -0.1) is 0 Å². The molecule has 0 saturated carbocycles. The van der Waals surface area contributed by atoms with Crippen LogP contribution in [0, 0.1) is 0 Å². The fourth-order valence-corrected chi connectivity index (χ4v) is 5.26. The first kappa shape index (κ1) is 18.8. The van der Waals surface area contributed by atoms with E-state index in [4.69, 9.17) is 9.47 Å². The van der Waals surface area contributed by atoms with E-state index in [0.717, 1.165) is 62.6 Å². The first-order valence-electron chi connectivity index (χ1n) is 11.4. The summed E-state index contributed by atoms with van der Waals surface area (Å²) in [5, 5.41) is 1.24. The van der Waals surface area contributed by atoms with Crippen molar-refractivity contribution in [3.8, 4) is 11.5 Å². The zero-order valence-corrected chi connectivity index (χ0v) is 17.7. The van der Waals surface area contributed by atoms with Crippen molar-refractivity contribution < 1.29 is 19.2 Å². The molecule has 0 unspecified atom stereocenters. The number of amides is 1. The minimum Gasteiger partial charge on any atom is -0.454 e. The van der Waals surface area contributed by atoms with E-state index in [1.165, 1.54) is 45.5 Å². The van der Waals surface area contributed by atoms with Crippen molar-refractivity contribution >= 4 is 16.8 Å². The summed E-state index contributed by atoms with van der Waals surface area (Å²) in [5.41, 5.74) is 6.03. The number of ether oxygens (including phenoxy) is 2. The van der Waals surface area contributed by atoms with Crippen LogP contribution in [0.5, 0.6) is 11.5 Å². The first-order valence-corrected chi connectivity index (χ1v) is 11.4. The van der Waals surface area contributed by atoms with Gasteiger partial charge in [0, 0.05) is 27.7 Å². The maximum atomic E-state index is 13.2. The Morgan fingerprint density at radius 1 is 1.00 bits per heavy atom. The number of carbonyl (C=O) groups is 1. The van der Waals surface area contributed by atoms with E-state index in [1.54, 1.807) is 0 Å². The summed E-state index contributed by atoms with van der Waals surface area (Å²) < 4.78 is 10.9. The lowest BCUT2D eigenvalue weighted by Gasteiger charge is -2.32. The number of fused-ring (bicyclic) bond motifs is 4. The van der Waals surface area contributed by atoms with E-state index in [0.29, 0.717) is 6.79 Å². The lowest BCUT2D eigenvalue weighted by molar-refractivity contribution is -0.917. The zero-order valence-electron chi connectivity index (χ0n) is 17.7. The van der Waals surface area contributed by atoms with Crippen LogP contribution in [0.15, 0.2) is 36.4 Å². The quantitative estimate of drug-likeness (QED) is 0.686. The SMILES string of the molecule is O=C(c1ccc2[nH]c3c(c2c1)CCCC3)N1CC[NH+](Cc2ccc3c(c2)OCO3)CC1. The molecule has 6 nitrogen and oxygen atoms in total. The highest BCUT2D eigenvalue weighted by Gasteiger charge is 2.26. The lowest BCUT2D eigenvalue weighted by atomic mass is 9.95. The molecule has 0 atom stereocenters. The van der Waals surface area contributed by atoms with Crippen LogP contribution >= 0.6 is 0 Å². The summed E-state index contributed by atoms with van der Waals surface area (Å²) in [4.78, 5) is 20.3. The predicted molar refractivity (Wildman–Crippen MR) is 118 cm³/mol. The molecule has 2 aromatic carbocycles. The van der Waals surface area contributed by atoms with Crippen molar-refractivity contribution in [3.63, 3.8) is 0 Å². The number of H-pyrrole nitrogens is 1. The molecule has 2 N–H and O–H groups in total. The number of piperazine rings is 1. The zero-order chi connectivity index (χ0) is 20.8. The molecular formula is C25H28N3O3+. The van der Waals surface area contributed by atoms with E-state index < -0.39 is 0 Å². The van der Waals surface area contributed by atoms with E-state index >= 15 is 0 Å². The molecule has 1 amide bonds. The standard InChI is InChI=1S/C25H27N3O3/c29-25(18-6-7-22-20(14-18)19-3-1-2-4-21(19)26-22)28-11-9-27(10-12-28)15-17-5-8-23-24(13-17)31-16-30-23/h5-8,13-14,26H,1-4,9-12,15-16H2/p+1. The molecule has 1 fully saturated rings. The molecule has 0 radical (unpaired) electrons. The number of hydrogen-bond acceptors (Lipinski definition) is 3. The molecule has 31 heavy (non-hydrogen) atoms. The number of aromatic amines is 1. The molecule has 3 aromatic rings. The summed E-state index contributed by atoms with van der Waals surface area (Å²) in [5.74, 6) is 1.83. The van der Waals surface area contributed by atoms with Gasteiger partial charge in [-0.1, -0.05) is 0 Å². The van der Waals surface area contributed by atoms with E-state index in [2.05, 4.69) is 29.2 Å². The van der Waals surface area contributed by atoms with Crippen LogP contribution in [0.2, 0.25) is 0 Å². The topological polar surface area (TPSA) is 59.0 Å². The molecule has 6 rings (SSSR count). The second-order valence-electron chi connectivity index (χ2n) is 8.96. The molecule has 6 heteroatoms. The Labute approximate surface area is 181 Å². The van der Waals surface area contributed by atoms with Gasteiger partial charge in [0.15, 0.2) is 11.5 Å². The van der Waals surface area contributed by atoms with Crippen molar-refractivity contribution in [1.82, 2.24) is 9.88 Å². The Hall–Kier alpha value is -2.99. The van der Waals surface area contributed by atoms with Crippen LogP contribution in [0.3, 0.4) is 0 Å². The predicted octanol–water partition coefficient (Wildman–Crippen LogP) is 2.32. The average molecular weight is 419 g/mol. The van der Waals surface area contributed by atoms with Gasteiger partial charge in [0.2, 0.25) is 6.79 Å². The molecule has 1 saturated heterocycles. The Bertz CT molecular complexity index is 1140. The van der Waals surface area contributed by atoms with E-state index in [-0.39, 0.29) is 5.91 Å². The Kier molecular flexibility index (Phi) is 4.60. The summed E-state index contributed by atoms with van der Waals surface area (Å²) in [6.07, 6.45) is 4.74. The van der Waals surface area contributed by atoms with Crippen LogP contribution in [-0.2, 0) is 19.4 Å². The van der Waals surface area contributed by atoms with Gasteiger partial charge in [-0.3, -0.25) is 4.79 Å². The number of carbonyl (C=O) groups excluding carboxylic acids is 1. The van der Waals surface area contributed by atoms with E-state index in [1.807, 2.05) is 17.0 Å². The summed E-state index contributed by atoms with van der Waals surface area (Å²) in [6.45, 7) is 4.76. The van der Waals surface area contributed by atoms with Crippen molar-refractivity contribution in [2.24, 2.45) is 0 Å². The third kappa shape index (κ3) is 3.45. The van der Waals surface area contributed by atoms with Gasteiger partial charge >= 0.3 is 0 Å². The third-order valence-electron chi connectivity index (χ3n) is 6.99. The fourth-order valence-electron chi connectivity index (χ4n) is 5.26. The van der Waals surface area contributed by atoms with Crippen molar-refractivity contribution in [2.75, 3.05) is 33.0 Å². The van der Waals surface area contributed by atoms with Gasteiger partial charge in [-0.25, -0.2) is 0 Å². The molecule has 1 aromatic heterocycles. The van der Waals surface area contributed by atoms with Gasteiger partial charge in [0.05, 0.1) is 26.2 Å². The molecule has 3 heterocycles. The van der Waals surface area contributed by atoms with Gasteiger partial charge in [0.25, 0.3) is 5.91 Å². The lowest BCUT2D eigenvalue weighted by Crippen LogP contribution is -3.13. The average Bonchev–Trinajstić information content (AvgIpc) is 3.42. The Morgan fingerprint density at radius 2 is 1.84 bits per heavy atom. The molecule has 0 spiro atoms. The third-order valence-corrected chi connectivity index (χ3v) is 6.99. The first-order chi connectivity index (χ1) is 15.2. The molecule has 2 aliphatic heterocycles. The van der Waals surface area contributed by atoms with Crippen LogP contribution in [-0.4, -0.2) is 48.8 Å². The highest BCUT2D eigenvalue weighted by atomic mass is 16.7. The monoisotopic (exact) mass is 418 g/mol. The number of aromatic nitrogens is 1. The fraction of sp³-hybridized carbons (Fsp3) is 0.400. The smallest absolute Gasteiger partial charge is 0.254 e. The number of nitrogens with zero attached hydrogens (tertiary/aromatic N) is 1. The number of benzene rings is 2. The van der Waals surface area contributed by atoms with Crippen LogP contribution in [0.25, 0.3) is 10.9 Å². The minimum atomic E-state index is 0.162. The van der Waals surface area contributed by atoms with Crippen molar-refractivity contribution in [3.05, 3.63) is 58.8 Å². The van der Waals surface area contributed by atoms with Crippen LogP contribution < -0.4 is 14.4 Å². The van der Waals surface area contributed by atoms with E-state index in [9.17, 15) is 4.79 Å². The van der Waals surface area contributed by atoms with Crippen molar-refractivity contribution in [2.45, 2.75) is 32.2 Å². The normalized spacial score (nSPS) is 18.4. The highest BCUT2D eigenvalue weighted by molar-refractivity contribution is 5.99. The maximum Gasteiger partial charge on any atom is 0.254 e. The van der Waals surface area contributed by atoms with Crippen LogP contribution in [0.1, 0.15) is 40.0 Å². The molecule has 160 valence electrons. The largest absolute Gasteiger partial charge is 0.454 e. The highest BCUT2D eigenvalue weighted by Crippen LogP contribution is 2.32. The maximum absolute atomic E-state index is 13.2. The molecule has 0 bridgehead atoms. The summed E-state index contributed by atoms with van der Waals surface area (Å²) in [6, 6.07) is 12.4. The molecule has 1 aliphatic carbocycles. The molecular weight excluding hydrogens is 390 g/mol. The second-order valence-corrected chi connectivity index (χ2v) is 8.96. The summed E-state index contributed by atoms with van der Waals surface area (Å²) in [7, 11) is 0. The van der Waals surface area contributed by atoms with Crippen molar-refractivity contribution in [1.29, 1.82) is 0 Å². The number of rotatable bonds is 3. The van der Waals surface area contributed by atoms with Crippen LogP contribution in [0.4, 0.5) is 0 Å². The molecule has 3 aliphatic rings. The number of quaternary nitrogens is 1. The minimum absolute atomic E-state index is 0.162. The number of aryl methyl sites for hydroxylation is 2. The number of hydrogen-bond donors (Lipinski definition) is 2. The van der Waals surface area contributed by atoms with Gasteiger partial charge in [0.1, 0.15) is 6.54 Å². The van der Waals surface area contributed by atoms with Gasteiger partial charge in [-0.2, -0.15) is 0 Å². The second kappa shape index (κ2) is 7.61. The van der Waals surface area contributed by atoms with Gasteiger partial charge in [-0.05, 0) is 67.6 Å². The Balaban J connectivity index is 1.12. The Morgan fingerprint density at radius 3 is 2.74 bits per heavy atom. The number of nitrogens with one attached hydrogen (secondary N) is 2.